The molecule has 2 rings (SSSR count). The summed E-state index contributed by atoms with van der Waals surface area (Å²) in [6.07, 6.45) is 3.81. The lowest BCUT2D eigenvalue weighted by Crippen LogP contribution is -2.44. The third-order valence-corrected chi connectivity index (χ3v) is 5.70. The topological polar surface area (TPSA) is 58.2 Å². The van der Waals surface area contributed by atoms with Gasteiger partial charge in [-0.15, -0.1) is 0 Å². The van der Waals surface area contributed by atoms with Crippen LogP contribution in [0.1, 0.15) is 76.2 Å². The van der Waals surface area contributed by atoms with E-state index in [-0.39, 0.29) is 23.3 Å². The van der Waals surface area contributed by atoms with Crippen LogP contribution in [0.5, 0.6) is 0 Å². The molecule has 26 heavy (non-hydrogen) atoms. The van der Waals surface area contributed by atoms with E-state index < -0.39 is 0 Å². The molecule has 4 nitrogen and oxygen atoms in total. The number of amides is 2. The van der Waals surface area contributed by atoms with Crippen LogP contribution in [0.4, 0.5) is 0 Å². The van der Waals surface area contributed by atoms with Crippen LogP contribution < -0.4 is 10.6 Å². The van der Waals surface area contributed by atoms with Crippen molar-refractivity contribution < 1.29 is 9.59 Å². The summed E-state index contributed by atoms with van der Waals surface area (Å²) in [4.78, 5) is 24.4. The molecular formula is C22H34N2O2. The molecule has 1 aliphatic carbocycles. The van der Waals surface area contributed by atoms with Gasteiger partial charge in [0, 0.05) is 24.6 Å². The van der Waals surface area contributed by atoms with Gasteiger partial charge >= 0.3 is 0 Å². The molecule has 0 unspecified atom stereocenters. The minimum atomic E-state index is -0.127. The molecule has 2 amide bonds. The average Bonchev–Trinajstić information content (AvgIpc) is 2.58. The SMILES string of the molecule is C[C@H]1[C@H](C)CCC[C@H]1NC(=O)CCNC(=O)c1ccc(C(C)(C)C)cc1. The van der Waals surface area contributed by atoms with Crippen molar-refractivity contribution in [2.45, 2.75) is 71.8 Å². The molecule has 1 saturated carbocycles. The van der Waals surface area contributed by atoms with Crippen molar-refractivity contribution in [1.82, 2.24) is 10.6 Å². The summed E-state index contributed by atoms with van der Waals surface area (Å²) < 4.78 is 0. The highest BCUT2D eigenvalue weighted by Crippen LogP contribution is 2.29. The Morgan fingerprint density at radius 1 is 1.08 bits per heavy atom. The average molecular weight is 359 g/mol. The zero-order valence-corrected chi connectivity index (χ0v) is 16.9. The van der Waals surface area contributed by atoms with E-state index in [9.17, 15) is 9.59 Å². The van der Waals surface area contributed by atoms with Crippen LogP contribution in [-0.4, -0.2) is 24.4 Å². The number of carbonyl (C=O) groups is 2. The van der Waals surface area contributed by atoms with E-state index in [0.717, 1.165) is 6.42 Å². The highest BCUT2D eigenvalue weighted by Gasteiger charge is 2.27. The second-order valence-electron chi connectivity index (χ2n) is 8.77. The maximum absolute atomic E-state index is 12.2. The predicted molar refractivity (Wildman–Crippen MR) is 106 cm³/mol. The molecule has 1 aromatic rings. The Kier molecular flexibility index (Phi) is 6.85. The predicted octanol–water partition coefficient (Wildman–Crippen LogP) is 4.04. The van der Waals surface area contributed by atoms with E-state index in [2.05, 4.69) is 45.3 Å². The van der Waals surface area contributed by atoms with Crippen LogP contribution in [0, 0.1) is 11.8 Å². The Balaban J connectivity index is 1.76. The Bertz CT molecular complexity index is 616. The second-order valence-corrected chi connectivity index (χ2v) is 8.77. The number of carbonyl (C=O) groups excluding carboxylic acids is 2. The first-order chi connectivity index (χ1) is 12.2. The third kappa shape index (κ3) is 5.58. The van der Waals surface area contributed by atoms with Gasteiger partial charge < -0.3 is 10.6 Å². The first-order valence-corrected chi connectivity index (χ1v) is 9.86. The molecule has 1 aromatic carbocycles. The number of hydrogen-bond donors (Lipinski definition) is 2. The van der Waals surface area contributed by atoms with Crippen molar-refractivity contribution in [2.75, 3.05) is 6.54 Å². The molecular weight excluding hydrogens is 324 g/mol. The summed E-state index contributed by atoms with van der Waals surface area (Å²) in [6, 6.07) is 7.95. The molecule has 0 aromatic heterocycles. The smallest absolute Gasteiger partial charge is 0.251 e. The van der Waals surface area contributed by atoms with Crippen molar-refractivity contribution in [2.24, 2.45) is 11.8 Å². The van der Waals surface area contributed by atoms with Gasteiger partial charge in [0.15, 0.2) is 0 Å². The molecule has 0 radical (unpaired) electrons. The van der Waals surface area contributed by atoms with E-state index in [4.69, 9.17) is 0 Å². The molecule has 144 valence electrons. The van der Waals surface area contributed by atoms with Gasteiger partial charge in [0.25, 0.3) is 5.91 Å². The molecule has 1 aliphatic rings. The van der Waals surface area contributed by atoms with Crippen LogP contribution in [0.15, 0.2) is 24.3 Å². The normalized spacial score (nSPS) is 23.3. The maximum Gasteiger partial charge on any atom is 0.251 e. The Morgan fingerprint density at radius 3 is 2.35 bits per heavy atom. The lowest BCUT2D eigenvalue weighted by Gasteiger charge is -2.34. The van der Waals surface area contributed by atoms with Crippen molar-refractivity contribution >= 4 is 11.8 Å². The summed E-state index contributed by atoms with van der Waals surface area (Å²) in [6.45, 7) is 11.3. The summed E-state index contributed by atoms with van der Waals surface area (Å²) in [5.41, 5.74) is 1.90. The van der Waals surface area contributed by atoms with E-state index in [1.165, 1.54) is 18.4 Å². The number of benzene rings is 1. The fourth-order valence-electron chi connectivity index (χ4n) is 3.58. The summed E-state index contributed by atoms with van der Waals surface area (Å²) >= 11 is 0. The first-order valence-electron chi connectivity index (χ1n) is 9.86. The van der Waals surface area contributed by atoms with Crippen LogP contribution >= 0.6 is 0 Å². The van der Waals surface area contributed by atoms with Crippen molar-refractivity contribution in [3.63, 3.8) is 0 Å². The van der Waals surface area contributed by atoms with Crippen molar-refractivity contribution in [3.8, 4) is 0 Å². The Labute approximate surface area is 158 Å². The van der Waals surface area contributed by atoms with Crippen LogP contribution in [0.3, 0.4) is 0 Å². The number of hydrogen-bond acceptors (Lipinski definition) is 2. The monoisotopic (exact) mass is 358 g/mol. The maximum atomic E-state index is 12.2. The van der Waals surface area contributed by atoms with E-state index in [0.29, 0.717) is 30.4 Å². The van der Waals surface area contributed by atoms with E-state index in [1.807, 2.05) is 24.3 Å². The van der Waals surface area contributed by atoms with Gasteiger partial charge in [-0.25, -0.2) is 0 Å². The third-order valence-electron chi connectivity index (χ3n) is 5.70. The van der Waals surface area contributed by atoms with Crippen LogP contribution in [0.2, 0.25) is 0 Å². The molecule has 2 N–H and O–H groups in total. The van der Waals surface area contributed by atoms with Crippen LogP contribution in [0.25, 0.3) is 0 Å². The fourth-order valence-corrected chi connectivity index (χ4v) is 3.58. The minimum absolute atomic E-state index is 0.0272. The zero-order chi connectivity index (χ0) is 19.3. The largest absolute Gasteiger partial charge is 0.353 e. The van der Waals surface area contributed by atoms with E-state index >= 15 is 0 Å². The van der Waals surface area contributed by atoms with Gasteiger partial charge in [-0.05, 0) is 41.4 Å². The molecule has 1 fully saturated rings. The highest BCUT2D eigenvalue weighted by molar-refractivity contribution is 5.94. The second kappa shape index (κ2) is 8.70. The molecule has 4 heteroatoms. The van der Waals surface area contributed by atoms with E-state index in [1.54, 1.807) is 0 Å². The number of nitrogens with one attached hydrogen (secondary N) is 2. The first kappa shape index (κ1) is 20.5. The van der Waals surface area contributed by atoms with Gasteiger partial charge in [0.1, 0.15) is 0 Å². The lowest BCUT2D eigenvalue weighted by molar-refractivity contribution is -0.122. The van der Waals surface area contributed by atoms with Gasteiger partial charge in [-0.2, -0.15) is 0 Å². The lowest BCUT2D eigenvalue weighted by atomic mass is 9.78. The molecule has 3 atom stereocenters. The summed E-state index contributed by atoms with van der Waals surface area (Å²) in [5, 5.41) is 5.99. The van der Waals surface area contributed by atoms with Crippen molar-refractivity contribution in [3.05, 3.63) is 35.4 Å². The molecule has 0 heterocycles. The van der Waals surface area contributed by atoms with Crippen molar-refractivity contribution in [1.29, 1.82) is 0 Å². The summed E-state index contributed by atoms with van der Waals surface area (Å²) in [5.74, 6) is 1.07. The van der Waals surface area contributed by atoms with Gasteiger partial charge in [-0.3, -0.25) is 9.59 Å². The van der Waals surface area contributed by atoms with Crippen LogP contribution in [-0.2, 0) is 10.2 Å². The Hall–Kier alpha value is -1.84. The standard InChI is InChI=1S/C22H34N2O2/c1-15-7-6-8-19(16(15)2)24-20(25)13-14-23-21(26)17-9-11-18(12-10-17)22(3,4)5/h9-12,15-16,19H,6-8,13-14H2,1-5H3,(H,23,26)(H,24,25)/t15-,16+,19-/m1/s1. The quantitative estimate of drug-likeness (QED) is 0.834. The molecule has 0 bridgehead atoms. The molecule has 0 aliphatic heterocycles. The molecule has 0 spiro atoms. The summed E-state index contributed by atoms with van der Waals surface area (Å²) in [7, 11) is 0. The highest BCUT2D eigenvalue weighted by atomic mass is 16.2. The number of rotatable bonds is 5. The Morgan fingerprint density at radius 2 is 1.73 bits per heavy atom. The van der Waals surface area contributed by atoms with Gasteiger partial charge in [0.05, 0.1) is 0 Å². The molecule has 0 saturated heterocycles. The van der Waals surface area contributed by atoms with Gasteiger partial charge in [-0.1, -0.05) is 59.6 Å². The van der Waals surface area contributed by atoms with Gasteiger partial charge in [0.2, 0.25) is 5.91 Å². The minimum Gasteiger partial charge on any atom is -0.353 e. The fraction of sp³-hybridized carbons (Fsp3) is 0.636. The zero-order valence-electron chi connectivity index (χ0n) is 16.9.